The maximum absolute atomic E-state index is 15.0. The fourth-order valence-electron chi connectivity index (χ4n) is 8.24. The summed E-state index contributed by atoms with van der Waals surface area (Å²) in [5, 5.41) is 13.7. The average molecular weight is 686 g/mol. The van der Waals surface area contributed by atoms with Gasteiger partial charge < -0.3 is 34.4 Å². The number of nitrogens with zero attached hydrogens (tertiary/aromatic N) is 2. The largest absolute Gasteiger partial charge is 0.455 e. The smallest absolute Gasteiger partial charge is 0.313 e. The number of ether oxygens (including phenoxy) is 3. The minimum Gasteiger partial charge on any atom is -0.455 e. The highest BCUT2D eigenvalue weighted by Gasteiger charge is 2.73. The molecular formula is C39H47N3O8. The van der Waals surface area contributed by atoms with Crippen molar-refractivity contribution in [3.05, 3.63) is 89.5 Å². The SMILES string of the molecule is COC[C@H]1NC(=O)CC/C=C\[C@H]2O[C@]34C=CCN(c5c(C)cccc5C)C(=O)[C@H]3N([C@@H](CO)C(C)C)C(=O)[C@@H]4[C@H]2C(=O)O[C@@H]1c1ccccc1. The molecule has 4 aliphatic heterocycles. The number of fused-ring (bicyclic) bond motifs is 2. The molecule has 2 saturated heterocycles. The fourth-order valence-corrected chi connectivity index (χ4v) is 8.24. The molecule has 6 rings (SSSR count). The fraction of sp³-hybridized carbons (Fsp3) is 0.487. The van der Waals surface area contributed by atoms with Crippen molar-refractivity contribution in [2.75, 3.05) is 31.8 Å². The second kappa shape index (κ2) is 14.5. The van der Waals surface area contributed by atoms with Gasteiger partial charge in [0.1, 0.15) is 23.7 Å². The number of allylic oxidation sites excluding steroid dienone is 1. The first-order chi connectivity index (χ1) is 24.0. The van der Waals surface area contributed by atoms with Gasteiger partial charge in [-0.25, -0.2) is 0 Å². The second-order valence-corrected chi connectivity index (χ2v) is 14.0. The number of likely N-dealkylation sites (tertiary alicyclic amines) is 1. The minimum atomic E-state index is -1.54. The van der Waals surface area contributed by atoms with Crippen molar-refractivity contribution in [2.24, 2.45) is 17.8 Å². The zero-order valence-corrected chi connectivity index (χ0v) is 29.3. The van der Waals surface area contributed by atoms with Crippen molar-refractivity contribution in [1.29, 1.82) is 0 Å². The third kappa shape index (κ3) is 6.16. The lowest BCUT2D eigenvalue weighted by Gasteiger charge is -2.40. The van der Waals surface area contributed by atoms with E-state index < -0.39 is 59.6 Å². The highest BCUT2D eigenvalue weighted by molar-refractivity contribution is 6.06. The van der Waals surface area contributed by atoms with Gasteiger partial charge in [0.25, 0.3) is 5.91 Å². The Kier molecular flexibility index (Phi) is 10.3. The van der Waals surface area contributed by atoms with Crippen LogP contribution in [0.3, 0.4) is 0 Å². The molecule has 2 fully saturated rings. The molecule has 2 N–H and O–H groups in total. The van der Waals surface area contributed by atoms with E-state index in [-0.39, 0.29) is 43.9 Å². The van der Waals surface area contributed by atoms with Gasteiger partial charge in [0.15, 0.2) is 0 Å². The molecule has 11 heteroatoms. The Morgan fingerprint density at radius 3 is 2.38 bits per heavy atom. The highest BCUT2D eigenvalue weighted by atomic mass is 16.6. The molecule has 1 spiro atoms. The Balaban J connectivity index is 1.49. The summed E-state index contributed by atoms with van der Waals surface area (Å²) >= 11 is 0. The van der Waals surface area contributed by atoms with Crippen molar-refractivity contribution in [3.8, 4) is 0 Å². The number of esters is 1. The van der Waals surface area contributed by atoms with Crippen LogP contribution in [0.1, 0.15) is 49.5 Å². The number of nitrogens with one attached hydrogen (secondary N) is 1. The molecule has 0 radical (unpaired) electrons. The zero-order chi connectivity index (χ0) is 35.7. The summed E-state index contributed by atoms with van der Waals surface area (Å²) in [6.45, 7) is 7.58. The highest BCUT2D eigenvalue weighted by Crippen LogP contribution is 2.54. The molecule has 0 unspecified atom stereocenters. The van der Waals surface area contributed by atoms with Crippen molar-refractivity contribution in [2.45, 2.75) is 76.5 Å². The van der Waals surface area contributed by atoms with E-state index in [0.29, 0.717) is 12.0 Å². The van der Waals surface area contributed by atoms with Crippen LogP contribution in [0.15, 0.2) is 72.8 Å². The second-order valence-electron chi connectivity index (χ2n) is 14.0. The van der Waals surface area contributed by atoms with Crippen LogP contribution >= 0.6 is 0 Å². The van der Waals surface area contributed by atoms with Gasteiger partial charge in [0, 0.05) is 25.8 Å². The van der Waals surface area contributed by atoms with Gasteiger partial charge in [-0.1, -0.05) is 86.7 Å². The Morgan fingerprint density at radius 1 is 1.00 bits per heavy atom. The summed E-state index contributed by atoms with van der Waals surface area (Å²) in [6, 6.07) is 12.3. The summed E-state index contributed by atoms with van der Waals surface area (Å²) in [7, 11) is 1.51. The van der Waals surface area contributed by atoms with Gasteiger partial charge in [-0.2, -0.15) is 0 Å². The molecule has 0 bridgehead atoms. The van der Waals surface area contributed by atoms with E-state index in [1.54, 1.807) is 23.1 Å². The molecule has 2 aromatic rings. The topological polar surface area (TPSA) is 135 Å². The third-order valence-corrected chi connectivity index (χ3v) is 10.5. The first-order valence-corrected chi connectivity index (χ1v) is 17.4. The van der Waals surface area contributed by atoms with Crippen LogP contribution in [0.2, 0.25) is 0 Å². The van der Waals surface area contributed by atoms with Gasteiger partial charge in [0.2, 0.25) is 11.8 Å². The summed E-state index contributed by atoms with van der Waals surface area (Å²) < 4.78 is 18.7. The van der Waals surface area contributed by atoms with E-state index in [0.717, 1.165) is 16.8 Å². The van der Waals surface area contributed by atoms with Crippen LogP contribution in [0.4, 0.5) is 5.69 Å². The van der Waals surface area contributed by atoms with E-state index in [2.05, 4.69) is 5.32 Å². The van der Waals surface area contributed by atoms with E-state index >= 15 is 4.79 Å². The van der Waals surface area contributed by atoms with Crippen molar-refractivity contribution in [1.82, 2.24) is 10.2 Å². The predicted molar refractivity (Wildman–Crippen MR) is 186 cm³/mol. The molecule has 0 aliphatic carbocycles. The molecule has 4 aliphatic rings. The number of aliphatic hydroxyl groups is 1. The number of hydrogen-bond donors (Lipinski definition) is 2. The molecule has 0 aromatic heterocycles. The van der Waals surface area contributed by atoms with Crippen LogP contribution in [0.25, 0.3) is 0 Å². The van der Waals surface area contributed by atoms with Gasteiger partial charge in [-0.15, -0.1) is 0 Å². The Labute approximate surface area is 293 Å². The lowest BCUT2D eigenvalue weighted by atomic mass is 9.77. The molecule has 4 heterocycles. The lowest BCUT2D eigenvalue weighted by Crippen LogP contribution is -2.59. The molecule has 50 heavy (non-hydrogen) atoms. The number of methoxy groups -OCH3 is 1. The summed E-state index contributed by atoms with van der Waals surface area (Å²) in [5.74, 6) is -4.20. The molecule has 11 nitrogen and oxygen atoms in total. The number of para-hydroxylation sites is 1. The Bertz CT molecular complexity index is 1650. The van der Waals surface area contributed by atoms with Crippen LogP contribution in [0, 0.1) is 31.6 Å². The van der Waals surface area contributed by atoms with Crippen molar-refractivity contribution < 1.29 is 38.5 Å². The van der Waals surface area contributed by atoms with E-state index in [1.165, 1.54) is 12.0 Å². The molecule has 3 amide bonds. The molecule has 0 saturated carbocycles. The van der Waals surface area contributed by atoms with Gasteiger partial charge >= 0.3 is 5.97 Å². The van der Waals surface area contributed by atoms with Gasteiger partial charge in [0.05, 0.1) is 37.3 Å². The zero-order valence-electron chi connectivity index (χ0n) is 29.3. The standard InChI is InChI=1S/C39H47N3O8/c1-23(2)28(21-43)42-35-37(46)41(33-24(3)13-11-14-25(33)4)20-12-19-39(35)32(36(42)45)31-29(50-39)17-9-10-18-30(44)40-27(22-48-5)34(49-38(31)47)26-15-7-6-8-16-26/h6-9,11-17,19,23,27-29,31-32,34-35,43H,10,18,20-22H2,1-5H3,(H,40,44)/b17-9-/t27-,28+,29-,31+,32+,34-,35-,39+/m1/s1. The number of aryl methyl sites for hydroxylation is 2. The Hall–Kier alpha value is -4.32. The lowest BCUT2D eigenvalue weighted by molar-refractivity contribution is -0.163. The summed E-state index contributed by atoms with van der Waals surface area (Å²) in [6.07, 6.45) is 5.76. The summed E-state index contributed by atoms with van der Waals surface area (Å²) in [5.41, 5.74) is 1.66. The number of amides is 3. The maximum atomic E-state index is 15.0. The quantitative estimate of drug-likeness (QED) is 0.334. The molecular weight excluding hydrogens is 638 g/mol. The number of carbonyl (C=O) groups excluding carboxylic acids is 4. The number of rotatable bonds is 7. The van der Waals surface area contributed by atoms with Crippen molar-refractivity contribution in [3.63, 3.8) is 0 Å². The molecule has 266 valence electrons. The minimum absolute atomic E-state index is 0.0686. The third-order valence-electron chi connectivity index (χ3n) is 10.5. The van der Waals surface area contributed by atoms with Gasteiger partial charge in [-0.05, 0) is 42.9 Å². The normalized spacial score (nSPS) is 31.2. The Morgan fingerprint density at radius 2 is 1.72 bits per heavy atom. The number of carbonyl (C=O) groups is 4. The van der Waals surface area contributed by atoms with Crippen LogP contribution in [-0.2, 0) is 33.4 Å². The molecule has 2 aromatic carbocycles. The number of aliphatic hydroxyl groups excluding tert-OH is 1. The number of cyclic esters (lactones) is 1. The first kappa shape index (κ1) is 35.5. The van der Waals surface area contributed by atoms with E-state index in [1.807, 2.05) is 82.3 Å². The number of anilines is 1. The van der Waals surface area contributed by atoms with Crippen LogP contribution in [-0.4, -0.2) is 90.4 Å². The van der Waals surface area contributed by atoms with E-state index in [9.17, 15) is 19.5 Å². The van der Waals surface area contributed by atoms with Crippen molar-refractivity contribution >= 4 is 29.4 Å². The first-order valence-electron chi connectivity index (χ1n) is 17.4. The molecule has 8 atom stereocenters. The van der Waals surface area contributed by atoms with Crippen LogP contribution in [0.5, 0.6) is 0 Å². The predicted octanol–water partition coefficient (Wildman–Crippen LogP) is 3.57. The monoisotopic (exact) mass is 685 g/mol. The maximum Gasteiger partial charge on any atom is 0.313 e. The van der Waals surface area contributed by atoms with Gasteiger partial charge in [-0.3, -0.25) is 19.2 Å². The number of benzene rings is 2. The van der Waals surface area contributed by atoms with Crippen LogP contribution < -0.4 is 10.2 Å². The summed E-state index contributed by atoms with van der Waals surface area (Å²) in [4.78, 5) is 60.8. The van der Waals surface area contributed by atoms with E-state index in [4.69, 9.17) is 14.2 Å². The number of hydrogen-bond acceptors (Lipinski definition) is 8. The average Bonchev–Trinajstić information content (AvgIpc) is 3.47.